The molecule has 31 heavy (non-hydrogen) atoms. The van der Waals surface area contributed by atoms with Gasteiger partial charge in [0.1, 0.15) is 12.1 Å². The van der Waals surface area contributed by atoms with Crippen LogP contribution in [-0.4, -0.2) is 54.0 Å². The second-order valence-electron chi connectivity index (χ2n) is 6.96. The van der Waals surface area contributed by atoms with Gasteiger partial charge in [-0.3, -0.25) is 9.78 Å². The lowest BCUT2D eigenvalue weighted by molar-refractivity contribution is -0.251. The molecule has 1 aromatic heterocycles. The van der Waals surface area contributed by atoms with Gasteiger partial charge in [-0.1, -0.05) is 6.07 Å². The number of amides is 2. The largest absolute Gasteiger partial charge is 0.530 e. The van der Waals surface area contributed by atoms with Crippen LogP contribution in [0.1, 0.15) is 30.9 Å². The lowest BCUT2D eigenvalue weighted by atomic mass is 10.0. The molecule has 0 aliphatic carbocycles. The van der Waals surface area contributed by atoms with Crippen LogP contribution in [-0.2, 0) is 11.2 Å². The van der Waals surface area contributed by atoms with E-state index in [-0.39, 0.29) is 6.42 Å². The molecule has 2 heterocycles. The molecule has 0 bridgehead atoms. The van der Waals surface area contributed by atoms with Crippen molar-refractivity contribution in [3.63, 3.8) is 0 Å². The minimum atomic E-state index is -1.51. The molecule has 9 nitrogen and oxygen atoms in total. The van der Waals surface area contributed by atoms with Gasteiger partial charge in [-0.25, -0.2) is 5.01 Å². The third-order valence-electron chi connectivity index (χ3n) is 4.83. The molecule has 3 rings (SSSR count). The molecule has 1 atom stereocenters. The fourth-order valence-electron chi connectivity index (χ4n) is 3.40. The van der Waals surface area contributed by atoms with E-state index in [4.69, 9.17) is 9.47 Å². The third kappa shape index (κ3) is 5.71. The summed E-state index contributed by atoms with van der Waals surface area (Å²) in [7, 11) is 1.57. The average Bonchev–Trinajstić information content (AvgIpc) is 2.79. The van der Waals surface area contributed by atoms with Crippen LogP contribution in [0.2, 0.25) is 0 Å². The van der Waals surface area contributed by atoms with Crippen molar-refractivity contribution >= 4 is 17.7 Å². The molecular weight excluding hydrogens is 400 g/mol. The summed E-state index contributed by atoms with van der Waals surface area (Å²) in [5.74, 6) is 0.773. The first-order valence-corrected chi connectivity index (χ1v) is 10.1. The van der Waals surface area contributed by atoms with Crippen LogP contribution in [0, 0.1) is 0 Å². The summed E-state index contributed by atoms with van der Waals surface area (Å²) in [5, 5.41) is 19.2. The maximum Gasteiger partial charge on any atom is 0.265 e. The van der Waals surface area contributed by atoms with E-state index in [2.05, 4.69) is 15.4 Å². The normalized spacial score (nSPS) is 14.4. The Kier molecular flexibility index (Phi) is 7.42. The van der Waals surface area contributed by atoms with Gasteiger partial charge in [-0.2, -0.15) is 5.10 Å². The van der Waals surface area contributed by atoms with Crippen molar-refractivity contribution in [3.8, 4) is 11.5 Å². The molecule has 1 N–H and O–H groups in total. The first-order chi connectivity index (χ1) is 15.0. The maximum atomic E-state index is 13.1. The molecule has 2 amide bonds. The molecule has 1 unspecified atom stereocenters. The molecule has 164 valence electrons. The predicted molar refractivity (Wildman–Crippen MR) is 112 cm³/mol. The van der Waals surface area contributed by atoms with E-state index in [0.717, 1.165) is 16.8 Å². The highest BCUT2D eigenvalue weighted by molar-refractivity contribution is 6.02. The van der Waals surface area contributed by atoms with Gasteiger partial charge in [-0.05, 0) is 49.6 Å². The fraction of sp³-hybridized carbons (Fsp3) is 0.364. The number of carbonyl (C=O) groups is 2. The number of nitrogens with one attached hydrogen (secondary N) is 1. The van der Waals surface area contributed by atoms with E-state index in [9.17, 15) is 14.7 Å². The lowest BCUT2D eigenvalue weighted by Crippen LogP contribution is -2.52. The van der Waals surface area contributed by atoms with Crippen LogP contribution in [0.15, 0.2) is 47.8 Å². The Morgan fingerprint density at radius 1 is 1.29 bits per heavy atom. The third-order valence-corrected chi connectivity index (χ3v) is 4.83. The van der Waals surface area contributed by atoms with E-state index in [1.807, 2.05) is 19.1 Å². The first-order valence-electron chi connectivity index (χ1n) is 10.1. The number of nitrogens with zero attached hydrogens (tertiary/aromatic N) is 3. The first kappa shape index (κ1) is 22.1. The van der Waals surface area contributed by atoms with E-state index in [0.29, 0.717) is 37.5 Å². The van der Waals surface area contributed by atoms with Crippen LogP contribution in [0.3, 0.4) is 0 Å². The summed E-state index contributed by atoms with van der Waals surface area (Å²) in [5.41, 5.74) is 2.27. The van der Waals surface area contributed by atoms with E-state index in [1.165, 1.54) is 5.01 Å². The molecule has 1 aliphatic heterocycles. The molecule has 0 fully saturated rings. The van der Waals surface area contributed by atoms with Gasteiger partial charge in [0.05, 0.1) is 19.4 Å². The summed E-state index contributed by atoms with van der Waals surface area (Å²) in [6.45, 7) is 2.77. The minimum absolute atomic E-state index is 0.152. The summed E-state index contributed by atoms with van der Waals surface area (Å²) in [4.78, 5) is 28.3. The van der Waals surface area contributed by atoms with Crippen molar-refractivity contribution in [1.29, 1.82) is 0 Å². The minimum Gasteiger partial charge on any atom is -0.530 e. The SMILES string of the molecule is CCOc1cc(C2=NN(C(=O)C(Cc3cccnc3)NC(=O)[O-])CCC2)ccc1OC. The Hall–Kier alpha value is -3.62. The van der Waals surface area contributed by atoms with Crippen LogP contribution in [0.5, 0.6) is 11.5 Å². The number of benzene rings is 1. The number of carboxylic acid groups (broad SMARTS) is 1. The number of aromatic nitrogens is 1. The Balaban J connectivity index is 1.84. The Labute approximate surface area is 180 Å². The van der Waals surface area contributed by atoms with Crippen molar-refractivity contribution < 1.29 is 24.2 Å². The van der Waals surface area contributed by atoms with E-state index >= 15 is 0 Å². The average molecular weight is 425 g/mol. The molecule has 9 heteroatoms. The Bertz CT molecular complexity index is 948. The van der Waals surface area contributed by atoms with Crippen molar-refractivity contribution in [2.24, 2.45) is 5.10 Å². The molecular formula is C22H25N4O5-. The van der Waals surface area contributed by atoms with Gasteiger partial charge < -0.3 is 24.7 Å². The van der Waals surface area contributed by atoms with Gasteiger partial charge in [0, 0.05) is 30.9 Å². The van der Waals surface area contributed by atoms with Gasteiger partial charge >= 0.3 is 0 Å². The second-order valence-corrected chi connectivity index (χ2v) is 6.96. The number of hydrogen-bond donors (Lipinski definition) is 1. The number of hydrazone groups is 1. The number of methoxy groups -OCH3 is 1. The quantitative estimate of drug-likeness (QED) is 0.683. The van der Waals surface area contributed by atoms with Crippen molar-refractivity contribution in [3.05, 3.63) is 53.9 Å². The van der Waals surface area contributed by atoms with Gasteiger partial charge in [-0.15, -0.1) is 0 Å². The topological polar surface area (TPSA) is 116 Å². The van der Waals surface area contributed by atoms with E-state index < -0.39 is 18.0 Å². The molecule has 1 aromatic carbocycles. The van der Waals surface area contributed by atoms with Crippen molar-refractivity contribution in [1.82, 2.24) is 15.3 Å². The number of hydrogen-bond acceptors (Lipinski definition) is 7. The predicted octanol–water partition coefficient (Wildman–Crippen LogP) is 1.36. The smallest absolute Gasteiger partial charge is 0.265 e. The Morgan fingerprint density at radius 2 is 2.13 bits per heavy atom. The van der Waals surface area contributed by atoms with Crippen LogP contribution in [0.4, 0.5) is 4.79 Å². The standard InChI is InChI=1S/C22H26N4O5/c1-3-31-20-13-16(8-9-19(20)30-2)17-7-5-11-26(25-17)21(27)18(24-22(28)29)12-15-6-4-10-23-14-15/h4,6,8-10,13-14,18,24H,3,5,7,11-12H2,1-2H3,(H,28,29)/p-1. The molecule has 2 aromatic rings. The molecule has 0 saturated carbocycles. The van der Waals surface area contributed by atoms with Gasteiger partial charge in [0.15, 0.2) is 11.5 Å². The molecule has 0 saturated heterocycles. The second kappa shape index (κ2) is 10.4. The van der Waals surface area contributed by atoms with Crippen molar-refractivity contribution in [2.75, 3.05) is 20.3 Å². The highest BCUT2D eigenvalue weighted by atomic mass is 16.5. The van der Waals surface area contributed by atoms with E-state index in [1.54, 1.807) is 37.7 Å². The zero-order chi connectivity index (χ0) is 22.2. The number of carbonyl (C=O) groups excluding carboxylic acids is 2. The summed E-state index contributed by atoms with van der Waals surface area (Å²) in [6.07, 6.45) is 3.22. The summed E-state index contributed by atoms with van der Waals surface area (Å²) in [6, 6.07) is 7.98. The summed E-state index contributed by atoms with van der Waals surface area (Å²) < 4.78 is 11.0. The maximum absolute atomic E-state index is 13.1. The van der Waals surface area contributed by atoms with Gasteiger partial charge in [0.2, 0.25) is 0 Å². The zero-order valence-corrected chi connectivity index (χ0v) is 17.5. The van der Waals surface area contributed by atoms with Crippen molar-refractivity contribution in [2.45, 2.75) is 32.2 Å². The molecule has 1 aliphatic rings. The lowest BCUT2D eigenvalue weighted by Gasteiger charge is -2.28. The Morgan fingerprint density at radius 3 is 2.81 bits per heavy atom. The molecule has 0 spiro atoms. The number of pyridine rings is 1. The van der Waals surface area contributed by atoms with Crippen LogP contribution in [0.25, 0.3) is 0 Å². The van der Waals surface area contributed by atoms with Gasteiger partial charge in [0.25, 0.3) is 5.91 Å². The molecule has 0 radical (unpaired) electrons. The summed E-state index contributed by atoms with van der Waals surface area (Å²) >= 11 is 0. The zero-order valence-electron chi connectivity index (χ0n) is 17.5. The highest BCUT2D eigenvalue weighted by Gasteiger charge is 2.27. The number of ether oxygens (including phenoxy) is 2. The highest BCUT2D eigenvalue weighted by Crippen LogP contribution is 2.29. The van der Waals surface area contributed by atoms with Crippen LogP contribution >= 0.6 is 0 Å². The fourth-order valence-corrected chi connectivity index (χ4v) is 3.40. The van der Waals surface area contributed by atoms with Crippen LogP contribution < -0.4 is 19.9 Å². The monoisotopic (exact) mass is 425 g/mol. The number of rotatable bonds is 8.